The van der Waals surface area contributed by atoms with Crippen molar-refractivity contribution in [3.8, 4) is 0 Å². The van der Waals surface area contributed by atoms with Crippen molar-refractivity contribution in [1.29, 1.82) is 0 Å². The molecule has 58 valence electrons. The molecule has 1 saturated heterocycles. The topological polar surface area (TPSA) is 66.5 Å². The van der Waals surface area contributed by atoms with Gasteiger partial charge in [0, 0.05) is 7.05 Å². The van der Waals surface area contributed by atoms with Gasteiger partial charge in [0.2, 0.25) is 0 Å². The Morgan fingerprint density at radius 1 is 1.60 bits per heavy atom. The van der Waals surface area contributed by atoms with Crippen molar-refractivity contribution in [2.75, 3.05) is 7.05 Å². The molecule has 6 heteroatoms. The molecule has 1 unspecified atom stereocenters. The molecule has 1 aliphatic heterocycles. The molecule has 1 heterocycles. The van der Waals surface area contributed by atoms with Crippen LogP contribution in [0.4, 0.5) is 0 Å². The summed E-state index contributed by atoms with van der Waals surface area (Å²) < 4.78 is 24.4. The third kappa shape index (κ3) is 0.889. The number of hydrogen-bond donors (Lipinski definition) is 1. The second-order valence-corrected chi connectivity index (χ2v) is 3.89. The minimum atomic E-state index is -3.49. The summed E-state index contributed by atoms with van der Waals surface area (Å²) >= 11 is 0. The number of nitrogens with one attached hydrogen (secondary N) is 1. The number of nitrogens with zero attached hydrogens (tertiary/aromatic N) is 1. The summed E-state index contributed by atoms with van der Waals surface area (Å²) in [6.07, 6.45) is 0. The Morgan fingerprint density at radius 2 is 2.10 bits per heavy atom. The monoisotopic (exact) mass is 164 g/mol. The first-order valence-corrected chi connectivity index (χ1v) is 4.19. The third-order valence-corrected chi connectivity index (χ3v) is 3.07. The standard InChI is InChI=1S/C4H8N2O3S/c1-3-4(7)5-10(8,9)6(3)2/h3H,1-2H3,(H,5,7). The summed E-state index contributed by atoms with van der Waals surface area (Å²) in [6.45, 7) is 1.53. The lowest BCUT2D eigenvalue weighted by molar-refractivity contribution is -0.120. The minimum Gasteiger partial charge on any atom is -0.272 e. The van der Waals surface area contributed by atoms with Crippen molar-refractivity contribution in [2.45, 2.75) is 13.0 Å². The first-order valence-electron chi connectivity index (χ1n) is 2.75. The van der Waals surface area contributed by atoms with Gasteiger partial charge < -0.3 is 0 Å². The predicted molar refractivity (Wildman–Crippen MR) is 34.3 cm³/mol. The van der Waals surface area contributed by atoms with Crippen molar-refractivity contribution in [2.24, 2.45) is 0 Å². The van der Waals surface area contributed by atoms with Crippen molar-refractivity contribution in [3.05, 3.63) is 0 Å². The van der Waals surface area contributed by atoms with Crippen molar-refractivity contribution >= 4 is 16.1 Å². The highest BCUT2D eigenvalue weighted by Crippen LogP contribution is 2.09. The molecule has 10 heavy (non-hydrogen) atoms. The number of amides is 1. The molecular formula is C4H8N2O3S. The minimum absolute atomic E-state index is 0.470. The van der Waals surface area contributed by atoms with Crippen LogP contribution in [0.15, 0.2) is 0 Å². The predicted octanol–water partition coefficient (Wildman–Crippen LogP) is -1.32. The first kappa shape index (κ1) is 7.49. The van der Waals surface area contributed by atoms with Crippen LogP contribution in [-0.4, -0.2) is 31.7 Å². The fraction of sp³-hybridized carbons (Fsp3) is 0.750. The molecule has 0 aromatic heterocycles. The molecule has 5 nitrogen and oxygen atoms in total. The zero-order valence-corrected chi connectivity index (χ0v) is 6.47. The van der Waals surface area contributed by atoms with Gasteiger partial charge in [-0.05, 0) is 6.92 Å². The van der Waals surface area contributed by atoms with Crippen LogP contribution < -0.4 is 4.72 Å². The van der Waals surface area contributed by atoms with E-state index in [1.807, 2.05) is 4.72 Å². The molecule has 0 radical (unpaired) electrons. The quantitative estimate of drug-likeness (QED) is 0.483. The van der Waals surface area contributed by atoms with Crippen molar-refractivity contribution < 1.29 is 13.2 Å². The van der Waals surface area contributed by atoms with E-state index >= 15 is 0 Å². The lowest BCUT2D eigenvalue weighted by Gasteiger charge is -2.07. The molecule has 0 bridgehead atoms. The average molecular weight is 164 g/mol. The summed E-state index contributed by atoms with van der Waals surface area (Å²) in [5.41, 5.74) is 0. The van der Waals surface area contributed by atoms with Crippen LogP contribution in [0, 0.1) is 0 Å². The molecule has 0 aromatic rings. The van der Waals surface area contributed by atoms with Gasteiger partial charge >= 0.3 is 10.2 Å². The molecule has 0 aromatic carbocycles. The Bertz CT molecular complexity index is 258. The Balaban J connectivity index is 3.04. The highest BCUT2D eigenvalue weighted by Gasteiger charge is 2.37. The second-order valence-electron chi connectivity index (χ2n) is 2.16. The molecule has 0 aliphatic carbocycles. The van der Waals surface area contributed by atoms with E-state index in [9.17, 15) is 13.2 Å². The number of likely N-dealkylation sites (N-methyl/N-ethyl adjacent to an activating group) is 1. The number of hydrogen-bond acceptors (Lipinski definition) is 3. The Labute approximate surface area is 59.2 Å². The second kappa shape index (κ2) is 1.93. The summed E-state index contributed by atoms with van der Waals surface area (Å²) in [5, 5.41) is 0. The Kier molecular flexibility index (Phi) is 1.44. The van der Waals surface area contributed by atoms with Gasteiger partial charge in [-0.2, -0.15) is 12.7 Å². The molecule has 1 aliphatic rings. The largest absolute Gasteiger partial charge is 0.304 e. The van der Waals surface area contributed by atoms with Crippen LogP contribution in [-0.2, 0) is 15.0 Å². The molecule has 1 N–H and O–H groups in total. The van der Waals surface area contributed by atoms with Crippen molar-refractivity contribution in [3.63, 3.8) is 0 Å². The van der Waals surface area contributed by atoms with E-state index in [0.29, 0.717) is 0 Å². The summed E-state index contributed by atoms with van der Waals surface area (Å²) in [6, 6.07) is -0.579. The molecule has 1 atom stereocenters. The highest BCUT2D eigenvalue weighted by atomic mass is 32.2. The lowest BCUT2D eigenvalue weighted by atomic mass is 10.3. The molecule has 1 fully saturated rings. The highest BCUT2D eigenvalue weighted by molar-refractivity contribution is 7.88. The van der Waals surface area contributed by atoms with E-state index in [4.69, 9.17) is 0 Å². The number of carbonyl (C=O) groups excluding carboxylic acids is 1. The molecule has 0 spiro atoms. The van der Waals surface area contributed by atoms with Crippen LogP contribution >= 0.6 is 0 Å². The zero-order chi connectivity index (χ0) is 7.94. The van der Waals surface area contributed by atoms with Gasteiger partial charge in [0.05, 0.1) is 0 Å². The molecule has 0 saturated carbocycles. The van der Waals surface area contributed by atoms with Gasteiger partial charge in [-0.25, -0.2) is 4.72 Å². The van der Waals surface area contributed by atoms with Gasteiger partial charge in [0.1, 0.15) is 6.04 Å². The zero-order valence-electron chi connectivity index (χ0n) is 5.66. The lowest BCUT2D eigenvalue weighted by Crippen LogP contribution is -2.28. The van der Waals surface area contributed by atoms with Gasteiger partial charge in [0.15, 0.2) is 0 Å². The normalized spacial score (nSPS) is 32.2. The summed E-state index contributed by atoms with van der Waals surface area (Å²) in [7, 11) is -2.13. The molecule has 1 amide bonds. The first-order chi connectivity index (χ1) is 4.45. The van der Waals surface area contributed by atoms with E-state index in [2.05, 4.69) is 0 Å². The van der Waals surface area contributed by atoms with Gasteiger partial charge in [-0.15, -0.1) is 0 Å². The van der Waals surface area contributed by atoms with Crippen LogP contribution in [0.3, 0.4) is 0 Å². The van der Waals surface area contributed by atoms with Crippen molar-refractivity contribution in [1.82, 2.24) is 9.03 Å². The maximum Gasteiger partial charge on any atom is 0.304 e. The average Bonchev–Trinajstić information content (AvgIpc) is 1.95. The van der Waals surface area contributed by atoms with Crippen LogP contribution in [0.2, 0.25) is 0 Å². The van der Waals surface area contributed by atoms with E-state index in [0.717, 1.165) is 4.31 Å². The fourth-order valence-electron chi connectivity index (χ4n) is 0.658. The van der Waals surface area contributed by atoms with E-state index in [1.165, 1.54) is 14.0 Å². The maximum atomic E-state index is 10.8. The smallest absolute Gasteiger partial charge is 0.272 e. The van der Waals surface area contributed by atoms with Gasteiger partial charge in [0.25, 0.3) is 5.91 Å². The van der Waals surface area contributed by atoms with E-state index < -0.39 is 22.2 Å². The summed E-state index contributed by atoms with van der Waals surface area (Å²) in [5.74, 6) is -0.470. The van der Waals surface area contributed by atoms with Crippen LogP contribution in [0.1, 0.15) is 6.92 Å². The van der Waals surface area contributed by atoms with E-state index in [1.54, 1.807) is 0 Å². The Hall–Kier alpha value is -0.620. The summed E-state index contributed by atoms with van der Waals surface area (Å²) in [4.78, 5) is 10.7. The van der Waals surface area contributed by atoms with Crippen LogP contribution in [0.25, 0.3) is 0 Å². The Morgan fingerprint density at radius 3 is 2.20 bits per heavy atom. The van der Waals surface area contributed by atoms with Gasteiger partial charge in [-0.3, -0.25) is 4.79 Å². The van der Waals surface area contributed by atoms with E-state index in [-0.39, 0.29) is 0 Å². The molecular weight excluding hydrogens is 156 g/mol. The maximum absolute atomic E-state index is 10.8. The third-order valence-electron chi connectivity index (χ3n) is 1.53. The number of carbonyl (C=O) groups is 1. The SMILES string of the molecule is CC1C(=O)NS(=O)(=O)N1C. The van der Waals surface area contributed by atoms with Gasteiger partial charge in [-0.1, -0.05) is 0 Å². The number of rotatable bonds is 0. The van der Waals surface area contributed by atoms with Crippen LogP contribution in [0.5, 0.6) is 0 Å². The molecule has 1 rings (SSSR count). The fourth-order valence-corrected chi connectivity index (χ4v) is 1.74.